The molecule has 0 aliphatic rings. The van der Waals surface area contributed by atoms with Gasteiger partial charge in [0.15, 0.2) is 0 Å². The smallest absolute Gasteiger partial charge is 0.134 e. The number of benzene rings is 1. The molecule has 0 aliphatic carbocycles. The second-order valence-electron chi connectivity index (χ2n) is 4.31. The Balaban J connectivity index is 1.89. The van der Waals surface area contributed by atoms with Gasteiger partial charge in [-0.2, -0.15) is 0 Å². The molecule has 2 aromatic rings. The van der Waals surface area contributed by atoms with E-state index in [4.69, 9.17) is 9.15 Å². The highest BCUT2D eigenvalue weighted by molar-refractivity contribution is 5.59. The molecular formula is C16H18FNO2. The van der Waals surface area contributed by atoms with Crippen LogP contribution in [0.4, 0.5) is 4.39 Å². The molecule has 2 rings (SSSR count). The second-order valence-corrected chi connectivity index (χ2v) is 4.31. The molecule has 0 fully saturated rings. The molecule has 20 heavy (non-hydrogen) atoms. The van der Waals surface area contributed by atoms with E-state index in [1.54, 1.807) is 19.2 Å². The Morgan fingerprint density at radius 3 is 2.75 bits per heavy atom. The SMILES string of the molecule is COCCNCC=Cc1ccc(-c2ccc(F)cc2)o1. The van der Waals surface area contributed by atoms with E-state index in [-0.39, 0.29) is 5.82 Å². The third kappa shape index (κ3) is 4.33. The quantitative estimate of drug-likeness (QED) is 0.787. The monoisotopic (exact) mass is 275 g/mol. The fourth-order valence-electron chi connectivity index (χ4n) is 1.75. The van der Waals surface area contributed by atoms with Gasteiger partial charge in [0.2, 0.25) is 0 Å². The zero-order valence-electron chi connectivity index (χ0n) is 11.4. The maximum absolute atomic E-state index is 12.8. The topological polar surface area (TPSA) is 34.4 Å². The molecule has 0 radical (unpaired) electrons. The summed E-state index contributed by atoms with van der Waals surface area (Å²) in [5.74, 6) is 1.26. The lowest BCUT2D eigenvalue weighted by Gasteiger charge is -1.98. The van der Waals surface area contributed by atoms with Gasteiger partial charge in [0.1, 0.15) is 17.3 Å². The average Bonchev–Trinajstić information content (AvgIpc) is 2.92. The van der Waals surface area contributed by atoms with E-state index in [2.05, 4.69) is 5.32 Å². The number of hydrogen-bond acceptors (Lipinski definition) is 3. The van der Waals surface area contributed by atoms with Crippen LogP contribution in [-0.2, 0) is 4.74 Å². The van der Waals surface area contributed by atoms with E-state index >= 15 is 0 Å². The third-order valence-electron chi connectivity index (χ3n) is 2.78. The second kappa shape index (κ2) is 7.62. The van der Waals surface area contributed by atoms with Gasteiger partial charge in [-0.3, -0.25) is 0 Å². The van der Waals surface area contributed by atoms with Crippen LogP contribution < -0.4 is 5.32 Å². The van der Waals surface area contributed by atoms with Crippen molar-refractivity contribution < 1.29 is 13.5 Å². The van der Waals surface area contributed by atoms with Crippen molar-refractivity contribution in [1.29, 1.82) is 0 Å². The van der Waals surface area contributed by atoms with E-state index in [1.807, 2.05) is 24.3 Å². The van der Waals surface area contributed by atoms with Crippen molar-refractivity contribution in [3.63, 3.8) is 0 Å². The summed E-state index contributed by atoms with van der Waals surface area (Å²) in [6, 6.07) is 10.0. The molecule has 1 aromatic heterocycles. The summed E-state index contributed by atoms with van der Waals surface area (Å²) in [6.45, 7) is 2.28. The van der Waals surface area contributed by atoms with Gasteiger partial charge in [-0.25, -0.2) is 4.39 Å². The molecule has 106 valence electrons. The number of rotatable bonds is 7. The maximum atomic E-state index is 12.8. The van der Waals surface area contributed by atoms with Crippen LogP contribution in [0.15, 0.2) is 46.9 Å². The number of halogens is 1. The van der Waals surface area contributed by atoms with Crippen LogP contribution in [0.1, 0.15) is 5.76 Å². The Bertz CT molecular complexity index is 546. The Hall–Kier alpha value is -1.91. The molecule has 0 saturated carbocycles. The first kappa shape index (κ1) is 14.5. The summed E-state index contributed by atoms with van der Waals surface area (Å²) in [6.07, 6.45) is 3.90. The predicted octanol–water partition coefficient (Wildman–Crippen LogP) is 3.33. The molecule has 4 heteroatoms. The summed E-state index contributed by atoms with van der Waals surface area (Å²) in [5, 5.41) is 3.21. The van der Waals surface area contributed by atoms with Crippen molar-refractivity contribution in [1.82, 2.24) is 5.32 Å². The summed E-state index contributed by atoms with van der Waals surface area (Å²) in [5.41, 5.74) is 0.865. The van der Waals surface area contributed by atoms with Gasteiger partial charge in [0.25, 0.3) is 0 Å². The van der Waals surface area contributed by atoms with Crippen molar-refractivity contribution >= 4 is 6.08 Å². The molecule has 0 amide bonds. The van der Waals surface area contributed by atoms with Gasteiger partial charge in [-0.05, 0) is 42.5 Å². The Morgan fingerprint density at radius 1 is 1.20 bits per heavy atom. The molecule has 3 nitrogen and oxygen atoms in total. The highest BCUT2D eigenvalue weighted by Gasteiger charge is 2.02. The highest BCUT2D eigenvalue weighted by Crippen LogP contribution is 2.22. The standard InChI is InChI=1S/C16H18FNO2/c1-19-12-11-18-10-2-3-15-8-9-16(20-15)13-4-6-14(17)7-5-13/h2-9,18H,10-12H2,1H3. The lowest BCUT2D eigenvalue weighted by Crippen LogP contribution is -2.18. The van der Waals surface area contributed by atoms with Gasteiger partial charge in [-0.15, -0.1) is 0 Å². The number of ether oxygens (including phenoxy) is 1. The van der Waals surface area contributed by atoms with E-state index in [0.717, 1.165) is 30.2 Å². The van der Waals surface area contributed by atoms with Crippen LogP contribution in [0.2, 0.25) is 0 Å². The zero-order valence-corrected chi connectivity index (χ0v) is 11.4. The van der Waals surface area contributed by atoms with Crippen LogP contribution >= 0.6 is 0 Å². The van der Waals surface area contributed by atoms with Gasteiger partial charge >= 0.3 is 0 Å². The summed E-state index contributed by atoms with van der Waals surface area (Å²) in [7, 11) is 1.68. The molecule has 0 spiro atoms. The van der Waals surface area contributed by atoms with Gasteiger partial charge in [0, 0.05) is 25.8 Å². The van der Waals surface area contributed by atoms with Crippen molar-refractivity contribution in [3.05, 3.63) is 54.1 Å². The summed E-state index contributed by atoms with van der Waals surface area (Å²) < 4.78 is 23.5. The van der Waals surface area contributed by atoms with E-state index < -0.39 is 0 Å². The molecule has 0 unspecified atom stereocenters. The van der Waals surface area contributed by atoms with E-state index in [1.165, 1.54) is 12.1 Å². The van der Waals surface area contributed by atoms with Crippen molar-refractivity contribution in [2.75, 3.05) is 26.8 Å². The first-order valence-electron chi connectivity index (χ1n) is 6.51. The highest BCUT2D eigenvalue weighted by atomic mass is 19.1. The minimum absolute atomic E-state index is 0.248. The number of furan rings is 1. The van der Waals surface area contributed by atoms with Crippen molar-refractivity contribution in [2.45, 2.75) is 0 Å². The predicted molar refractivity (Wildman–Crippen MR) is 77.9 cm³/mol. The first-order valence-corrected chi connectivity index (χ1v) is 6.51. The Labute approximate surface area is 118 Å². The molecule has 0 atom stereocenters. The molecule has 1 heterocycles. The van der Waals surface area contributed by atoms with Crippen molar-refractivity contribution in [3.8, 4) is 11.3 Å². The molecule has 0 bridgehead atoms. The maximum Gasteiger partial charge on any atom is 0.134 e. The minimum atomic E-state index is -0.248. The average molecular weight is 275 g/mol. The molecule has 1 aromatic carbocycles. The van der Waals surface area contributed by atoms with Crippen LogP contribution in [0.25, 0.3) is 17.4 Å². The van der Waals surface area contributed by atoms with Crippen LogP contribution in [0.3, 0.4) is 0 Å². The summed E-state index contributed by atoms with van der Waals surface area (Å²) >= 11 is 0. The lowest BCUT2D eigenvalue weighted by atomic mass is 10.2. The fourth-order valence-corrected chi connectivity index (χ4v) is 1.75. The minimum Gasteiger partial charge on any atom is -0.457 e. The molecule has 0 aliphatic heterocycles. The van der Waals surface area contributed by atoms with Gasteiger partial charge in [-0.1, -0.05) is 6.08 Å². The Kier molecular flexibility index (Phi) is 5.53. The van der Waals surface area contributed by atoms with Crippen LogP contribution in [0, 0.1) is 5.82 Å². The van der Waals surface area contributed by atoms with Gasteiger partial charge < -0.3 is 14.5 Å². The van der Waals surface area contributed by atoms with Crippen molar-refractivity contribution in [2.24, 2.45) is 0 Å². The Morgan fingerprint density at radius 2 is 2.00 bits per heavy atom. The number of nitrogens with one attached hydrogen (secondary N) is 1. The number of methoxy groups -OCH3 is 1. The molecule has 1 N–H and O–H groups in total. The third-order valence-corrected chi connectivity index (χ3v) is 2.78. The van der Waals surface area contributed by atoms with E-state index in [9.17, 15) is 4.39 Å². The lowest BCUT2D eigenvalue weighted by molar-refractivity contribution is 0.200. The summed E-state index contributed by atoms with van der Waals surface area (Å²) in [4.78, 5) is 0. The fraction of sp³-hybridized carbons (Fsp3) is 0.250. The largest absolute Gasteiger partial charge is 0.457 e. The zero-order chi connectivity index (χ0) is 14.2. The first-order chi connectivity index (χ1) is 9.79. The molecule has 0 saturated heterocycles. The van der Waals surface area contributed by atoms with Gasteiger partial charge in [0.05, 0.1) is 6.61 Å². The van der Waals surface area contributed by atoms with Crippen LogP contribution in [-0.4, -0.2) is 26.8 Å². The van der Waals surface area contributed by atoms with Crippen LogP contribution in [0.5, 0.6) is 0 Å². The molecular weight excluding hydrogens is 257 g/mol. The van der Waals surface area contributed by atoms with E-state index in [0.29, 0.717) is 6.61 Å². The number of hydrogen-bond donors (Lipinski definition) is 1. The normalized spacial score (nSPS) is 11.3.